The van der Waals surface area contributed by atoms with Crippen LogP contribution in [0.25, 0.3) is 5.69 Å². The molecule has 174 valence electrons. The minimum Gasteiger partial charge on any atom is -0.483 e. The van der Waals surface area contributed by atoms with Gasteiger partial charge in [0.05, 0.1) is 5.75 Å². The van der Waals surface area contributed by atoms with E-state index in [1.807, 2.05) is 66.1 Å². The lowest BCUT2D eigenvalue weighted by Gasteiger charge is -2.17. The number of carbonyl (C=O) groups excluding carboxylic acids is 1. The molecule has 6 nitrogen and oxygen atoms in total. The summed E-state index contributed by atoms with van der Waals surface area (Å²) < 4.78 is 21.5. The van der Waals surface area contributed by atoms with Crippen molar-refractivity contribution < 1.29 is 13.9 Å². The Bertz CT molecular complexity index is 1250. The van der Waals surface area contributed by atoms with Crippen molar-refractivity contribution in [1.29, 1.82) is 0 Å². The van der Waals surface area contributed by atoms with E-state index >= 15 is 0 Å². The highest BCUT2D eigenvalue weighted by Gasteiger charge is 2.18. The highest BCUT2D eigenvalue weighted by atomic mass is 32.2. The minimum absolute atomic E-state index is 0.0163. The third-order valence-corrected chi connectivity index (χ3v) is 6.11. The zero-order chi connectivity index (χ0) is 23.9. The maximum Gasteiger partial charge on any atom is 0.233 e. The number of benzene rings is 3. The van der Waals surface area contributed by atoms with Gasteiger partial charge in [-0.3, -0.25) is 9.36 Å². The van der Waals surface area contributed by atoms with Crippen LogP contribution in [0, 0.1) is 12.7 Å². The predicted octanol–water partition coefficient (Wildman–Crippen LogP) is 5.04. The molecule has 0 aliphatic carbocycles. The van der Waals surface area contributed by atoms with Crippen LogP contribution in [-0.4, -0.2) is 38.4 Å². The van der Waals surface area contributed by atoms with Crippen LogP contribution in [0.15, 0.2) is 84.0 Å². The largest absolute Gasteiger partial charge is 0.483 e. The number of thioether (sulfide) groups is 1. The van der Waals surface area contributed by atoms with Gasteiger partial charge in [0.2, 0.25) is 5.91 Å². The number of aryl methyl sites for hydroxylation is 1. The van der Waals surface area contributed by atoms with Crippen LogP contribution in [0.1, 0.15) is 17.0 Å². The normalized spacial score (nSPS) is 10.8. The van der Waals surface area contributed by atoms with Crippen LogP contribution in [0.2, 0.25) is 0 Å². The van der Waals surface area contributed by atoms with E-state index in [0.717, 1.165) is 11.3 Å². The first-order chi connectivity index (χ1) is 16.5. The molecule has 34 heavy (non-hydrogen) atoms. The second kappa shape index (κ2) is 11.0. The lowest BCUT2D eigenvalue weighted by molar-refractivity contribution is -0.127. The predicted molar refractivity (Wildman–Crippen MR) is 130 cm³/mol. The Morgan fingerprint density at radius 1 is 1.00 bits per heavy atom. The van der Waals surface area contributed by atoms with Crippen LogP contribution in [0.5, 0.6) is 5.75 Å². The summed E-state index contributed by atoms with van der Waals surface area (Å²) in [4.78, 5) is 14.5. The average molecular weight is 477 g/mol. The highest BCUT2D eigenvalue weighted by Crippen LogP contribution is 2.24. The zero-order valence-electron chi connectivity index (χ0n) is 19.0. The molecular weight excluding hydrogens is 451 g/mol. The van der Waals surface area contributed by atoms with Crippen molar-refractivity contribution in [2.24, 2.45) is 0 Å². The van der Waals surface area contributed by atoms with Gasteiger partial charge in [0.25, 0.3) is 0 Å². The molecule has 0 saturated heterocycles. The van der Waals surface area contributed by atoms with E-state index in [1.54, 1.807) is 30.1 Å². The summed E-state index contributed by atoms with van der Waals surface area (Å²) in [6.07, 6.45) is 0. The SMILES string of the molecule is Cc1ccc(CN(C)C(=O)CSc2nnc(COc3ccccc3F)n2-c2ccccc2)cc1. The quantitative estimate of drug-likeness (QED) is 0.317. The fourth-order valence-electron chi connectivity index (χ4n) is 3.32. The Labute approximate surface area is 202 Å². The van der Waals surface area contributed by atoms with Crippen LogP contribution in [0.3, 0.4) is 0 Å². The smallest absolute Gasteiger partial charge is 0.233 e. The van der Waals surface area contributed by atoms with E-state index in [9.17, 15) is 9.18 Å². The molecular formula is C26H25FN4O2S. The lowest BCUT2D eigenvalue weighted by Crippen LogP contribution is -2.27. The zero-order valence-corrected chi connectivity index (χ0v) is 19.8. The number of hydrogen-bond donors (Lipinski definition) is 0. The van der Waals surface area contributed by atoms with Gasteiger partial charge in [-0.05, 0) is 36.8 Å². The van der Waals surface area contributed by atoms with Gasteiger partial charge in [-0.2, -0.15) is 0 Å². The van der Waals surface area contributed by atoms with Crippen molar-refractivity contribution in [3.05, 3.63) is 102 Å². The molecule has 0 aliphatic rings. The molecule has 0 spiro atoms. The summed E-state index contributed by atoms with van der Waals surface area (Å²) in [5, 5.41) is 9.10. The number of amides is 1. The fourth-order valence-corrected chi connectivity index (χ4v) is 4.23. The van der Waals surface area contributed by atoms with E-state index < -0.39 is 5.82 Å². The Morgan fingerprint density at radius 2 is 1.71 bits per heavy atom. The summed E-state index contributed by atoms with van der Waals surface area (Å²) in [7, 11) is 1.79. The van der Waals surface area contributed by atoms with Crippen molar-refractivity contribution in [1.82, 2.24) is 19.7 Å². The molecule has 0 bridgehead atoms. The van der Waals surface area contributed by atoms with Gasteiger partial charge in [-0.15, -0.1) is 10.2 Å². The van der Waals surface area contributed by atoms with Crippen molar-refractivity contribution in [3.8, 4) is 11.4 Å². The molecule has 0 saturated carbocycles. The molecule has 0 fully saturated rings. The van der Waals surface area contributed by atoms with E-state index in [1.165, 1.54) is 23.4 Å². The van der Waals surface area contributed by atoms with Gasteiger partial charge in [-0.1, -0.05) is 71.9 Å². The summed E-state index contributed by atoms with van der Waals surface area (Å²) >= 11 is 1.31. The van der Waals surface area contributed by atoms with Crippen molar-refractivity contribution in [3.63, 3.8) is 0 Å². The molecule has 3 aromatic carbocycles. The van der Waals surface area contributed by atoms with E-state index in [0.29, 0.717) is 17.5 Å². The standard InChI is InChI=1S/C26H25FN4O2S/c1-19-12-14-20(15-13-19)16-30(2)25(32)18-34-26-29-28-24(31(26)21-8-4-3-5-9-21)17-33-23-11-7-6-10-22(23)27/h3-15H,16-18H2,1-2H3. The fraction of sp³-hybridized carbons (Fsp3) is 0.192. The van der Waals surface area contributed by atoms with Crippen molar-refractivity contribution >= 4 is 17.7 Å². The molecule has 1 amide bonds. The van der Waals surface area contributed by atoms with Gasteiger partial charge < -0.3 is 9.64 Å². The average Bonchev–Trinajstić information content (AvgIpc) is 3.26. The molecule has 0 unspecified atom stereocenters. The Kier molecular flexibility index (Phi) is 7.59. The first-order valence-electron chi connectivity index (χ1n) is 10.8. The third-order valence-electron chi connectivity index (χ3n) is 5.20. The number of aromatic nitrogens is 3. The van der Waals surface area contributed by atoms with Crippen molar-refractivity contribution in [2.75, 3.05) is 12.8 Å². The number of halogens is 1. The topological polar surface area (TPSA) is 60.3 Å². The second-order valence-electron chi connectivity index (χ2n) is 7.81. The molecule has 1 heterocycles. The van der Waals surface area contributed by atoms with Crippen LogP contribution in [-0.2, 0) is 17.9 Å². The van der Waals surface area contributed by atoms with Gasteiger partial charge in [0.1, 0.15) is 6.61 Å². The Balaban J connectivity index is 1.47. The minimum atomic E-state index is -0.440. The van der Waals surface area contributed by atoms with Gasteiger partial charge in [0, 0.05) is 19.3 Å². The summed E-state index contributed by atoms with van der Waals surface area (Å²) in [5.41, 5.74) is 3.09. The third kappa shape index (κ3) is 5.82. The molecule has 1 aromatic heterocycles. The molecule has 0 radical (unpaired) electrons. The Morgan fingerprint density at radius 3 is 2.44 bits per heavy atom. The van der Waals surface area contributed by atoms with E-state index in [2.05, 4.69) is 10.2 Å². The summed E-state index contributed by atoms with van der Waals surface area (Å²) in [6, 6.07) is 23.9. The molecule has 0 atom stereocenters. The number of rotatable bonds is 9. The number of ether oxygens (including phenoxy) is 1. The van der Waals surface area contributed by atoms with Gasteiger partial charge >= 0.3 is 0 Å². The lowest BCUT2D eigenvalue weighted by atomic mass is 10.1. The number of carbonyl (C=O) groups is 1. The van der Waals surface area contributed by atoms with Crippen LogP contribution >= 0.6 is 11.8 Å². The maximum absolute atomic E-state index is 14.0. The molecule has 4 rings (SSSR count). The Hall–Kier alpha value is -3.65. The molecule has 4 aromatic rings. The maximum atomic E-state index is 14.0. The molecule has 8 heteroatoms. The molecule has 0 aliphatic heterocycles. The number of para-hydroxylation sites is 2. The van der Waals surface area contributed by atoms with Crippen LogP contribution < -0.4 is 4.74 Å². The first-order valence-corrected chi connectivity index (χ1v) is 11.8. The van der Waals surface area contributed by atoms with Crippen molar-refractivity contribution in [2.45, 2.75) is 25.2 Å². The van der Waals surface area contributed by atoms with Crippen LogP contribution in [0.4, 0.5) is 4.39 Å². The van der Waals surface area contributed by atoms with Gasteiger partial charge in [-0.25, -0.2) is 4.39 Å². The van der Waals surface area contributed by atoms with Gasteiger partial charge in [0.15, 0.2) is 22.5 Å². The van der Waals surface area contributed by atoms with E-state index in [4.69, 9.17) is 4.74 Å². The summed E-state index contributed by atoms with van der Waals surface area (Å²) in [5.74, 6) is 0.411. The monoisotopic (exact) mass is 476 g/mol. The number of hydrogen-bond acceptors (Lipinski definition) is 5. The second-order valence-corrected chi connectivity index (χ2v) is 8.76. The summed E-state index contributed by atoms with van der Waals surface area (Å²) in [6.45, 7) is 2.60. The van der Waals surface area contributed by atoms with E-state index in [-0.39, 0.29) is 24.0 Å². The number of nitrogens with zero attached hydrogens (tertiary/aromatic N) is 4. The highest BCUT2D eigenvalue weighted by molar-refractivity contribution is 7.99. The first kappa shape index (κ1) is 23.5. The molecule has 0 N–H and O–H groups in total.